The van der Waals surface area contributed by atoms with Gasteiger partial charge in [0.1, 0.15) is 0 Å². The molecule has 0 bridgehead atoms. The largest absolute Gasteiger partial charge is 0.423 e. The molecule has 10 heteroatoms. The molecule has 0 radical (unpaired) electrons. The fraction of sp³-hybridized carbons (Fsp3) is 1.00. The van der Waals surface area contributed by atoms with Crippen LogP contribution in [0.5, 0.6) is 0 Å². The van der Waals surface area contributed by atoms with Gasteiger partial charge in [-0.3, -0.25) is 0 Å². The van der Waals surface area contributed by atoms with Crippen molar-refractivity contribution >= 4 is 0 Å². The molecule has 0 aromatic heterocycles. The minimum atomic E-state index is -6.26. The molecular formula is C6H5F9O. The SMILES string of the molecule is OC(F)(F)C(F)(F)C(F)(F)CCC(F)(F)F. The van der Waals surface area contributed by atoms with Gasteiger partial charge in [-0.25, -0.2) is 0 Å². The number of alkyl halides is 9. The van der Waals surface area contributed by atoms with Crippen LogP contribution in [0.1, 0.15) is 12.8 Å². The van der Waals surface area contributed by atoms with Gasteiger partial charge in [-0.15, -0.1) is 0 Å². The van der Waals surface area contributed by atoms with Gasteiger partial charge in [0.2, 0.25) is 0 Å². The van der Waals surface area contributed by atoms with Crippen molar-refractivity contribution in [3.05, 3.63) is 0 Å². The molecule has 0 unspecified atom stereocenters. The fourth-order valence-electron chi connectivity index (χ4n) is 0.676. The second-order valence-corrected chi connectivity index (χ2v) is 2.94. The number of hydrogen-bond acceptors (Lipinski definition) is 1. The predicted octanol–water partition coefficient (Wildman–Crippen LogP) is 3.18. The molecule has 0 amide bonds. The third kappa shape index (κ3) is 3.42. The van der Waals surface area contributed by atoms with Crippen LogP contribution in [0.25, 0.3) is 0 Å². The van der Waals surface area contributed by atoms with Crippen LogP contribution in [0.15, 0.2) is 0 Å². The normalized spacial score (nSPS) is 15.4. The zero-order valence-corrected chi connectivity index (χ0v) is 7.26. The quantitative estimate of drug-likeness (QED) is 0.773. The van der Waals surface area contributed by atoms with Crippen molar-refractivity contribution in [3.8, 4) is 0 Å². The Morgan fingerprint density at radius 3 is 1.31 bits per heavy atom. The zero-order valence-electron chi connectivity index (χ0n) is 7.26. The summed E-state index contributed by atoms with van der Waals surface area (Å²) in [5.41, 5.74) is 0. The lowest BCUT2D eigenvalue weighted by molar-refractivity contribution is -0.386. The van der Waals surface area contributed by atoms with Gasteiger partial charge >= 0.3 is 24.1 Å². The van der Waals surface area contributed by atoms with E-state index in [1.54, 1.807) is 0 Å². The Balaban J connectivity index is 4.79. The van der Waals surface area contributed by atoms with E-state index < -0.39 is 37.0 Å². The van der Waals surface area contributed by atoms with Crippen LogP contribution >= 0.6 is 0 Å². The molecular weight excluding hydrogens is 259 g/mol. The maximum absolute atomic E-state index is 12.3. The fourth-order valence-corrected chi connectivity index (χ4v) is 0.676. The van der Waals surface area contributed by atoms with Gasteiger partial charge in [-0.2, -0.15) is 39.5 Å². The first-order chi connectivity index (χ1) is 6.71. The van der Waals surface area contributed by atoms with Crippen LogP contribution in [0.3, 0.4) is 0 Å². The van der Waals surface area contributed by atoms with E-state index in [4.69, 9.17) is 5.11 Å². The highest BCUT2D eigenvalue weighted by molar-refractivity contribution is 4.90. The second-order valence-electron chi connectivity index (χ2n) is 2.94. The molecule has 0 saturated carbocycles. The molecule has 0 aromatic carbocycles. The molecule has 0 fully saturated rings. The smallest absolute Gasteiger partial charge is 0.331 e. The Morgan fingerprint density at radius 1 is 0.688 bits per heavy atom. The van der Waals surface area contributed by atoms with Crippen LogP contribution < -0.4 is 0 Å². The van der Waals surface area contributed by atoms with Crippen molar-refractivity contribution < 1.29 is 44.6 Å². The monoisotopic (exact) mass is 264 g/mol. The maximum atomic E-state index is 12.3. The summed E-state index contributed by atoms with van der Waals surface area (Å²) in [6, 6.07) is 0. The molecule has 1 N–H and O–H groups in total. The maximum Gasteiger partial charge on any atom is 0.423 e. The van der Waals surface area contributed by atoms with Gasteiger partial charge in [0, 0.05) is 12.8 Å². The lowest BCUT2D eigenvalue weighted by atomic mass is 10.1. The van der Waals surface area contributed by atoms with E-state index in [0.717, 1.165) is 0 Å². The average Bonchev–Trinajstić information content (AvgIpc) is 1.97. The topological polar surface area (TPSA) is 20.2 Å². The average molecular weight is 264 g/mol. The molecule has 0 aliphatic carbocycles. The third-order valence-corrected chi connectivity index (χ3v) is 1.56. The zero-order chi connectivity index (χ0) is 13.4. The first kappa shape index (κ1) is 15.3. The predicted molar refractivity (Wildman–Crippen MR) is 32.3 cm³/mol. The Kier molecular flexibility index (Phi) is 3.80. The van der Waals surface area contributed by atoms with Gasteiger partial charge < -0.3 is 5.11 Å². The highest BCUT2D eigenvalue weighted by atomic mass is 19.4. The summed E-state index contributed by atoms with van der Waals surface area (Å²) in [6.45, 7) is 0. The van der Waals surface area contributed by atoms with E-state index in [9.17, 15) is 39.5 Å². The van der Waals surface area contributed by atoms with Crippen molar-refractivity contribution in [2.24, 2.45) is 0 Å². The summed E-state index contributed by atoms with van der Waals surface area (Å²) in [4.78, 5) is 0. The third-order valence-electron chi connectivity index (χ3n) is 1.56. The molecule has 0 rings (SSSR count). The Morgan fingerprint density at radius 2 is 1.06 bits per heavy atom. The summed E-state index contributed by atoms with van der Waals surface area (Å²) in [5, 5.41) is 7.47. The summed E-state index contributed by atoms with van der Waals surface area (Å²) in [6.07, 6.45) is -16.2. The molecule has 1 nitrogen and oxygen atoms in total. The van der Waals surface area contributed by atoms with Gasteiger partial charge in [0.25, 0.3) is 0 Å². The Labute approximate surface area is 82.8 Å². The van der Waals surface area contributed by atoms with E-state index in [0.29, 0.717) is 0 Å². The Hall–Kier alpha value is -0.670. The molecule has 0 heterocycles. The molecule has 0 aliphatic rings. The van der Waals surface area contributed by atoms with Crippen LogP contribution in [-0.2, 0) is 0 Å². The van der Waals surface area contributed by atoms with E-state index in [1.807, 2.05) is 0 Å². The summed E-state index contributed by atoms with van der Waals surface area (Å²) in [7, 11) is 0. The van der Waals surface area contributed by atoms with Gasteiger partial charge in [0.15, 0.2) is 0 Å². The highest BCUT2D eigenvalue weighted by Crippen LogP contribution is 2.47. The summed E-state index contributed by atoms with van der Waals surface area (Å²) in [5.74, 6) is -11.9. The van der Waals surface area contributed by atoms with E-state index >= 15 is 0 Å². The van der Waals surface area contributed by atoms with E-state index in [2.05, 4.69) is 0 Å². The van der Waals surface area contributed by atoms with Crippen molar-refractivity contribution in [3.63, 3.8) is 0 Å². The molecule has 0 aromatic rings. The van der Waals surface area contributed by atoms with Gasteiger partial charge in [0.05, 0.1) is 0 Å². The lowest BCUT2D eigenvalue weighted by Crippen LogP contribution is -2.54. The molecule has 16 heavy (non-hydrogen) atoms. The molecule has 0 aliphatic heterocycles. The van der Waals surface area contributed by atoms with Crippen molar-refractivity contribution in [2.75, 3.05) is 0 Å². The number of halogens is 9. The first-order valence-corrected chi connectivity index (χ1v) is 3.63. The van der Waals surface area contributed by atoms with Crippen LogP contribution in [0.4, 0.5) is 39.5 Å². The number of hydrogen-bond donors (Lipinski definition) is 1. The number of rotatable bonds is 4. The van der Waals surface area contributed by atoms with Crippen molar-refractivity contribution in [1.82, 2.24) is 0 Å². The van der Waals surface area contributed by atoms with Gasteiger partial charge in [-0.05, 0) is 0 Å². The van der Waals surface area contributed by atoms with Crippen LogP contribution in [0, 0.1) is 0 Å². The van der Waals surface area contributed by atoms with Crippen LogP contribution in [-0.4, -0.2) is 29.2 Å². The van der Waals surface area contributed by atoms with E-state index in [-0.39, 0.29) is 0 Å². The van der Waals surface area contributed by atoms with Crippen LogP contribution in [0.2, 0.25) is 0 Å². The van der Waals surface area contributed by atoms with Crippen molar-refractivity contribution in [1.29, 1.82) is 0 Å². The van der Waals surface area contributed by atoms with Gasteiger partial charge in [-0.1, -0.05) is 0 Å². The number of aliphatic hydroxyl groups is 1. The highest BCUT2D eigenvalue weighted by Gasteiger charge is 2.71. The molecule has 0 saturated heterocycles. The molecule has 98 valence electrons. The second kappa shape index (κ2) is 3.97. The van der Waals surface area contributed by atoms with Crippen molar-refractivity contribution in [2.45, 2.75) is 37.0 Å². The molecule has 0 atom stereocenters. The standard InChI is InChI=1S/C6H5F9O/c7-3(8,1-2-4(9,10)11)5(12,13)6(14,15)16/h16H,1-2H2. The first-order valence-electron chi connectivity index (χ1n) is 3.63. The van der Waals surface area contributed by atoms with E-state index in [1.165, 1.54) is 0 Å². The molecule has 0 spiro atoms. The summed E-state index contributed by atoms with van der Waals surface area (Å²) < 4.78 is 107. The Bertz CT molecular complexity index is 237. The lowest BCUT2D eigenvalue weighted by Gasteiger charge is -2.29. The minimum Gasteiger partial charge on any atom is -0.331 e. The minimum absolute atomic E-state index is 2.37. The summed E-state index contributed by atoms with van der Waals surface area (Å²) >= 11 is 0.